The first kappa shape index (κ1) is 21.0. The lowest BCUT2D eigenvalue weighted by molar-refractivity contribution is -0.144. The highest BCUT2D eigenvalue weighted by Gasteiger charge is 2.37. The van der Waals surface area contributed by atoms with E-state index in [9.17, 15) is 24.3 Å². The number of carboxylic acid groups (broad SMARTS) is 1. The van der Waals surface area contributed by atoms with Crippen molar-refractivity contribution in [3.05, 3.63) is 35.9 Å². The minimum absolute atomic E-state index is 0.176. The van der Waals surface area contributed by atoms with E-state index in [2.05, 4.69) is 5.32 Å². The fraction of sp³-hybridized carbons (Fsp3) is 0.474. The quantitative estimate of drug-likeness (QED) is 0.615. The largest absolute Gasteiger partial charge is 0.480 e. The molecule has 1 saturated heterocycles. The van der Waals surface area contributed by atoms with Crippen molar-refractivity contribution in [3.8, 4) is 0 Å². The van der Waals surface area contributed by atoms with Gasteiger partial charge in [0.2, 0.25) is 11.8 Å². The molecule has 1 aromatic rings. The van der Waals surface area contributed by atoms with Gasteiger partial charge >= 0.3 is 5.97 Å². The molecular weight excluding hydrogens is 368 g/mol. The van der Waals surface area contributed by atoms with E-state index < -0.39 is 24.0 Å². The first-order valence-corrected chi connectivity index (χ1v) is 9.91. The number of aliphatic carboxylic acids is 1. The van der Waals surface area contributed by atoms with E-state index in [0.717, 1.165) is 17.3 Å². The van der Waals surface area contributed by atoms with Crippen molar-refractivity contribution in [2.45, 2.75) is 38.3 Å². The van der Waals surface area contributed by atoms with Crippen LogP contribution in [-0.2, 0) is 25.6 Å². The van der Waals surface area contributed by atoms with E-state index in [1.165, 1.54) is 4.90 Å². The van der Waals surface area contributed by atoms with Crippen LogP contribution < -0.4 is 5.32 Å². The van der Waals surface area contributed by atoms with Gasteiger partial charge < -0.3 is 15.3 Å². The fourth-order valence-electron chi connectivity index (χ4n) is 3.16. The van der Waals surface area contributed by atoms with Crippen molar-refractivity contribution in [3.63, 3.8) is 0 Å². The minimum Gasteiger partial charge on any atom is -0.480 e. The second kappa shape index (κ2) is 10.1. The zero-order valence-electron chi connectivity index (χ0n) is 15.2. The van der Waals surface area contributed by atoms with E-state index in [4.69, 9.17) is 0 Å². The van der Waals surface area contributed by atoms with Crippen LogP contribution in [0.1, 0.15) is 25.3 Å². The number of benzene rings is 1. The van der Waals surface area contributed by atoms with E-state index in [0.29, 0.717) is 30.8 Å². The highest BCUT2D eigenvalue weighted by Crippen LogP contribution is 2.21. The number of nitrogens with one attached hydrogen (secondary N) is 1. The Balaban J connectivity index is 2.02. The Morgan fingerprint density at radius 2 is 2.04 bits per heavy atom. The molecule has 1 aliphatic heterocycles. The van der Waals surface area contributed by atoms with Gasteiger partial charge in [0.25, 0.3) is 0 Å². The molecule has 0 saturated carbocycles. The summed E-state index contributed by atoms with van der Waals surface area (Å²) < 4.78 is 0. The van der Waals surface area contributed by atoms with Crippen LogP contribution in [0.2, 0.25) is 0 Å². The zero-order chi connectivity index (χ0) is 19.8. The third-order valence-electron chi connectivity index (χ3n) is 4.57. The number of hydrogen-bond donors (Lipinski definition) is 2. The first-order chi connectivity index (χ1) is 12.9. The normalized spacial score (nSPS) is 18.6. The Labute approximate surface area is 162 Å². The van der Waals surface area contributed by atoms with Crippen molar-refractivity contribution in [1.29, 1.82) is 0 Å². The molecule has 0 aromatic heterocycles. The number of rotatable bonds is 9. The maximum Gasteiger partial charge on any atom is 0.326 e. The Morgan fingerprint density at radius 1 is 1.33 bits per heavy atom. The molecule has 1 aliphatic rings. The van der Waals surface area contributed by atoms with Crippen molar-refractivity contribution in [2.24, 2.45) is 5.92 Å². The molecule has 7 nitrogen and oxygen atoms in total. The standard InChI is InChI=1S/C19H24N2O5S/c1-13(11-27-12-22)18(24)21-9-5-8-16(21)17(23)20-15(19(25)26)10-14-6-3-2-4-7-14/h2-4,6-7,12-13,15-16H,5,8-11H2,1H3,(H,20,23)(H,25,26)/t13-,15?,16+/m1/s1. The lowest BCUT2D eigenvalue weighted by Gasteiger charge is -2.27. The monoisotopic (exact) mass is 392 g/mol. The molecule has 0 bridgehead atoms. The topological polar surface area (TPSA) is 104 Å². The Morgan fingerprint density at radius 3 is 2.67 bits per heavy atom. The smallest absolute Gasteiger partial charge is 0.326 e. The molecule has 3 atom stereocenters. The van der Waals surface area contributed by atoms with Crippen LogP contribution in [0.3, 0.4) is 0 Å². The predicted octanol–water partition coefficient (Wildman–Crippen LogP) is 1.35. The van der Waals surface area contributed by atoms with E-state index in [1.807, 2.05) is 18.2 Å². The van der Waals surface area contributed by atoms with Crippen LogP contribution in [0.15, 0.2) is 30.3 Å². The van der Waals surface area contributed by atoms with Crippen LogP contribution in [0.4, 0.5) is 0 Å². The van der Waals surface area contributed by atoms with Crippen LogP contribution in [0.5, 0.6) is 0 Å². The van der Waals surface area contributed by atoms with Gasteiger partial charge in [0.05, 0.1) is 0 Å². The molecule has 0 radical (unpaired) electrons. The molecule has 1 heterocycles. The van der Waals surface area contributed by atoms with Gasteiger partial charge in [-0.15, -0.1) is 0 Å². The van der Waals surface area contributed by atoms with Crippen molar-refractivity contribution >= 4 is 35.2 Å². The molecule has 0 spiro atoms. The second-order valence-electron chi connectivity index (χ2n) is 6.61. The summed E-state index contributed by atoms with van der Waals surface area (Å²) in [5.41, 5.74) is 1.50. The van der Waals surface area contributed by atoms with Gasteiger partial charge in [-0.05, 0) is 18.4 Å². The molecule has 1 aromatic carbocycles. The lowest BCUT2D eigenvalue weighted by Crippen LogP contribution is -2.52. The van der Waals surface area contributed by atoms with Crippen molar-refractivity contribution in [2.75, 3.05) is 12.3 Å². The fourth-order valence-corrected chi connectivity index (χ4v) is 3.67. The second-order valence-corrected chi connectivity index (χ2v) is 7.47. The number of carbonyl (C=O) groups is 4. The van der Waals surface area contributed by atoms with Gasteiger partial charge in [0.15, 0.2) is 5.62 Å². The summed E-state index contributed by atoms with van der Waals surface area (Å²) in [5, 5.41) is 12.0. The molecule has 2 amide bonds. The Kier molecular flexibility index (Phi) is 7.84. The van der Waals surface area contributed by atoms with Crippen LogP contribution in [0, 0.1) is 5.92 Å². The summed E-state index contributed by atoms with van der Waals surface area (Å²) in [6, 6.07) is 7.35. The van der Waals surface area contributed by atoms with Gasteiger partial charge in [-0.3, -0.25) is 14.4 Å². The Hall–Kier alpha value is -2.35. The summed E-state index contributed by atoms with van der Waals surface area (Å²) in [5.74, 6) is -1.76. The minimum atomic E-state index is -1.11. The van der Waals surface area contributed by atoms with Gasteiger partial charge in [0.1, 0.15) is 12.1 Å². The van der Waals surface area contributed by atoms with Crippen LogP contribution >= 0.6 is 11.8 Å². The number of nitrogens with zero attached hydrogens (tertiary/aromatic N) is 1. The molecule has 2 N–H and O–H groups in total. The number of hydrogen-bond acceptors (Lipinski definition) is 5. The van der Waals surface area contributed by atoms with Gasteiger partial charge in [-0.25, -0.2) is 4.79 Å². The third kappa shape index (κ3) is 5.82. The van der Waals surface area contributed by atoms with Crippen LogP contribution in [0.25, 0.3) is 0 Å². The number of carbonyl (C=O) groups excluding carboxylic acids is 3. The summed E-state index contributed by atoms with van der Waals surface area (Å²) >= 11 is 1.02. The maximum atomic E-state index is 12.7. The number of likely N-dealkylation sites (tertiary alicyclic amines) is 1. The molecular formula is C19H24N2O5S. The Bertz CT molecular complexity index is 682. The molecule has 146 valence electrons. The van der Waals surface area contributed by atoms with E-state index >= 15 is 0 Å². The molecule has 1 unspecified atom stereocenters. The van der Waals surface area contributed by atoms with Crippen molar-refractivity contribution in [1.82, 2.24) is 10.2 Å². The lowest BCUT2D eigenvalue weighted by atomic mass is 10.1. The summed E-state index contributed by atoms with van der Waals surface area (Å²) in [6.45, 7) is 2.19. The van der Waals surface area contributed by atoms with Gasteiger partial charge in [-0.2, -0.15) is 0 Å². The van der Waals surface area contributed by atoms with Gasteiger partial charge in [-0.1, -0.05) is 49.0 Å². The first-order valence-electron chi connectivity index (χ1n) is 8.87. The highest BCUT2D eigenvalue weighted by atomic mass is 32.2. The van der Waals surface area contributed by atoms with E-state index in [1.54, 1.807) is 19.1 Å². The maximum absolute atomic E-state index is 12.7. The van der Waals surface area contributed by atoms with Crippen LogP contribution in [-0.4, -0.2) is 57.8 Å². The molecule has 8 heteroatoms. The zero-order valence-corrected chi connectivity index (χ0v) is 16.0. The highest BCUT2D eigenvalue weighted by molar-refractivity contribution is 8.11. The SMILES string of the molecule is C[C@H](CSC=O)C(=O)N1CCC[C@H]1C(=O)NC(Cc1ccccc1)C(=O)O. The molecule has 0 aliphatic carbocycles. The molecule has 27 heavy (non-hydrogen) atoms. The summed E-state index contributed by atoms with van der Waals surface area (Å²) in [6.07, 6.45) is 1.37. The van der Waals surface area contributed by atoms with Gasteiger partial charge in [0, 0.05) is 24.6 Å². The molecule has 1 fully saturated rings. The summed E-state index contributed by atoms with van der Waals surface area (Å²) in [7, 11) is 0. The number of amides is 2. The third-order valence-corrected chi connectivity index (χ3v) is 5.40. The number of carboxylic acids is 1. The molecule has 2 rings (SSSR count). The average Bonchev–Trinajstić information content (AvgIpc) is 3.15. The van der Waals surface area contributed by atoms with Crippen molar-refractivity contribution < 1.29 is 24.3 Å². The average molecular weight is 392 g/mol. The predicted molar refractivity (Wildman–Crippen MR) is 103 cm³/mol. The summed E-state index contributed by atoms with van der Waals surface area (Å²) in [4.78, 5) is 48.8. The number of thioether (sulfide) groups is 1. The van der Waals surface area contributed by atoms with E-state index in [-0.39, 0.29) is 18.2 Å².